The molecule has 0 unspecified atom stereocenters. The number of hydrogen-bond donors (Lipinski definition) is 2. The average molecular weight is 378 g/mol. The van der Waals surface area contributed by atoms with Gasteiger partial charge in [-0.15, -0.1) is 23.5 Å². The number of rotatable bonds is 6. The van der Waals surface area contributed by atoms with Crippen LogP contribution in [0.1, 0.15) is 31.8 Å². The number of carboxylic acid groups (broad SMARTS) is 2. The van der Waals surface area contributed by atoms with Crippen LogP contribution in [0.5, 0.6) is 0 Å². The van der Waals surface area contributed by atoms with E-state index in [9.17, 15) is 9.59 Å². The molecule has 24 heavy (non-hydrogen) atoms. The Balaban J connectivity index is 1.78. The van der Waals surface area contributed by atoms with Crippen molar-refractivity contribution in [1.82, 2.24) is 0 Å². The molecule has 0 atom stereocenters. The first-order chi connectivity index (χ1) is 11.5. The molecule has 0 aliphatic heterocycles. The van der Waals surface area contributed by atoms with Gasteiger partial charge in [0.15, 0.2) is 0 Å². The van der Waals surface area contributed by atoms with E-state index in [0.717, 1.165) is 14.7 Å². The summed E-state index contributed by atoms with van der Waals surface area (Å²) in [5.41, 5.74) is 2.56. The van der Waals surface area contributed by atoms with Gasteiger partial charge in [0.1, 0.15) is 3.53 Å². The van der Waals surface area contributed by atoms with E-state index in [4.69, 9.17) is 22.4 Å². The van der Waals surface area contributed by atoms with E-state index in [1.807, 2.05) is 0 Å². The summed E-state index contributed by atoms with van der Waals surface area (Å²) in [5, 5.41) is 17.7. The molecule has 0 radical (unpaired) electrons. The van der Waals surface area contributed by atoms with Crippen LogP contribution in [0, 0.1) is 0 Å². The fourth-order valence-corrected chi connectivity index (χ4v) is 3.81. The van der Waals surface area contributed by atoms with Gasteiger partial charge in [-0.05, 0) is 35.4 Å². The molecule has 2 aromatic carbocycles. The lowest BCUT2D eigenvalue weighted by atomic mass is 10.1. The minimum atomic E-state index is -0.936. The maximum Gasteiger partial charge on any atom is 0.335 e. The summed E-state index contributed by atoms with van der Waals surface area (Å²) in [4.78, 5) is 21.6. The molecule has 2 aromatic rings. The van der Waals surface area contributed by atoms with Crippen LogP contribution in [-0.2, 0) is 11.5 Å². The molecule has 0 heterocycles. The quantitative estimate of drug-likeness (QED) is 0.715. The second-order valence-corrected chi connectivity index (χ2v) is 7.99. The standard InChI is InChI=1S/C17H14O4S3/c18-15(19)13-5-1-11(2-6-13)9-23-17(22)24-10-12-3-7-14(8-4-12)16(20)21/h1-8H,9-10H2,(H,18,19)(H,20,21). The first-order valence-corrected chi connectivity index (χ1v) is 9.27. The maximum atomic E-state index is 10.8. The number of hydrogen-bond acceptors (Lipinski definition) is 5. The van der Waals surface area contributed by atoms with E-state index in [2.05, 4.69) is 0 Å². The Bertz CT molecular complexity index is 676. The summed E-state index contributed by atoms with van der Waals surface area (Å²) in [6.07, 6.45) is 0. The Morgan fingerprint density at radius 1 is 0.750 bits per heavy atom. The number of thiocarbonyl (C=S) groups is 1. The van der Waals surface area contributed by atoms with Crippen molar-refractivity contribution in [3.8, 4) is 0 Å². The third kappa shape index (κ3) is 5.67. The van der Waals surface area contributed by atoms with E-state index in [1.165, 1.54) is 23.5 Å². The van der Waals surface area contributed by atoms with Crippen LogP contribution in [-0.4, -0.2) is 25.7 Å². The largest absolute Gasteiger partial charge is 0.478 e. The van der Waals surface area contributed by atoms with Crippen LogP contribution in [0.15, 0.2) is 48.5 Å². The lowest BCUT2D eigenvalue weighted by Gasteiger charge is -2.05. The minimum absolute atomic E-state index is 0.269. The van der Waals surface area contributed by atoms with Gasteiger partial charge in [-0.3, -0.25) is 0 Å². The van der Waals surface area contributed by atoms with Gasteiger partial charge in [-0.2, -0.15) is 0 Å². The van der Waals surface area contributed by atoms with Crippen molar-refractivity contribution in [3.63, 3.8) is 0 Å². The molecule has 0 aliphatic carbocycles. The van der Waals surface area contributed by atoms with Crippen LogP contribution in [0.3, 0.4) is 0 Å². The molecule has 7 heteroatoms. The second-order valence-electron chi connectivity index (χ2n) is 4.83. The van der Waals surface area contributed by atoms with E-state index < -0.39 is 11.9 Å². The Labute approximate surface area is 153 Å². The summed E-state index contributed by atoms with van der Waals surface area (Å²) in [7, 11) is 0. The monoisotopic (exact) mass is 378 g/mol. The van der Waals surface area contributed by atoms with Crippen LogP contribution in [0.2, 0.25) is 0 Å². The molecule has 0 saturated carbocycles. The Kier molecular flexibility index (Phi) is 6.84. The molecule has 0 saturated heterocycles. The molecule has 4 nitrogen and oxygen atoms in total. The third-order valence-electron chi connectivity index (χ3n) is 3.12. The molecule has 0 amide bonds. The van der Waals surface area contributed by atoms with Crippen molar-refractivity contribution in [2.75, 3.05) is 0 Å². The number of carboxylic acids is 2. The van der Waals surface area contributed by atoms with Crippen molar-refractivity contribution in [2.24, 2.45) is 0 Å². The van der Waals surface area contributed by atoms with Gasteiger partial charge in [0.2, 0.25) is 0 Å². The Morgan fingerprint density at radius 3 is 1.38 bits per heavy atom. The summed E-state index contributed by atoms with van der Waals surface area (Å²) >= 11 is 8.37. The number of aromatic carboxylic acids is 2. The van der Waals surface area contributed by atoms with Gasteiger partial charge < -0.3 is 10.2 Å². The molecule has 2 N–H and O–H groups in total. The number of benzene rings is 2. The fraction of sp³-hybridized carbons (Fsp3) is 0.118. The van der Waals surface area contributed by atoms with Gasteiger partial charge in [-0.25, -0.2) is 9.59 Å². The molecular formula is C17H14O4S3. The number of carbonyl (C=O) groups is 2. The van der Waals surface area contributed by atoms with Crippen LogP contribution < -0.4 is 0 Å². The van der Waals surface area contributed by atoms with Crippen molar-refractivity contribution in [3.05, 3.63) is 70.8 Å². The summed E-state index contributed by atoms with van der Waals surface area (Å²) < 4.78 is 0.791. The SMILES string of the molecule is O=C(O)c1ccc(CSC(=S)SCc2ccc(C(=O)O)cc2)cc1. The van der Waals surface area contributed by atoms with Crippen molar-refractivity contribution >= 4 is 51.2 Å². The van der Waals surface area contributed by atoms with Gasteiger partial charge in [0, 0.05) is 11.5 Å². The molecular weight excluding hydrogens is 364 g/mol. The van der Waals surface area contributed by atoms with Crippen LogP contribution in [0.4, 0.5) is 0 Å². The molecule has 0 spiro atoms. The molecule has 0 fully saturated rings. The lowest BCUT2D eigenvalue weighted by Crippen LogP contribution is -1.96. The second kappa shape index (κ2) is 8.86. The average Bonchev–Trinajstić information content (AvgIpc) is 2.58. The predicted octanol–water partition coefficient (Wildman–Crippen LogP) is 4.53. The zero-order valence-corrected chi connectivity index (χ0v) is 14.9. The van der Waals surface area contributed by atoms with E-state index in [-0.39, 0.29) is 11.1 Å². The predicted molar refractivity (Wildman–Crippen MR) is 102 cm³/mol. The highest BCUT2D eigenvalue weighted by Crippen LogP contribution is 2.25. The van der Waals surface area contributed by atoms with E-state index in [1.54, 1.807) is 48.5 Å². The van der Waals surface area contributed by atoms with Gasteiger partial charge in [-0.1, -0.05) is 36.5 Å². The fourth-order valence-electron chi connectivity index (χ4n) is 1.81. The highest BCUT2D eigenvalue weighted by Gasteiger charge is 2.05. The van der Waals surface area contributed by atoms with Crippen molar-refractivity contribution in [2.45, 2.75) is 11.5 Å². The summed E-state index contributed by atoms with van der Waals surface area (Å²) in [6, 6.07) is 13.5. The minimum Gasteiger partial charge on any atom is -0.478 e. The molecule has 124 valence electrons. The normalized spacial score (nSPS) is 10.3. The first kappa shape index (κ1) is 18.5. The summed E-state index contributed by atoms with van der Waals surface area (Å²) in [5.74, 6) is -0.503. The zero-order valence-electron chi connectivity index (χ0n) is 12.5. The summed E-state index contributed by atoms with van der Waals surface area (Å²) in [6.45, 7) is 0. The number of thioether (sulfide) groups is 2. The van der Waals surface area contributed by atoms with Crippen LogP contribution in [0.25, 0.3) is 0 Å². The van der Waals surface area contributed by atoms with Crippen molar-refractivity contribution in [1.29, 1.82) is 0 Å². The Morgan fingerprint density at radius 2 is 1.08 bits per heavy atom. The van der Waals surface area contributed by atoms with E-state index in [0.29, 0.717) is 11.5 Å². The Hall–Kier alpha value is -1.83. The van der Waals surface area contributed by atoms with Gasteiger partial charge in [0.25, 0.3) is 0 Å². The molecule has 0 aromatic heterocycles. The molecule has 2 rings (SSSR count). The highest BCUT2D eigenvalue weighted by molar-refractivity contribution is 8.46. The topological polar surface area (TPSA) is 74.6 Å². The zero-order chi connectivity index (χ0) is 17.5. The van der Waals surface area contributed by atoms with Crippen LogP contribution >= 0.6 is 35.7 Å². The third-order valence-corrected chi connectivity index (χ3v) is 5.96. The van der Waals surface area contributed by atoms with Crippen molar-refractivity contribution < 1.29 is 19.8 Å². The molecule has 0 bridgehead atoms. The maximum absolute atomic E-state index is 10.8. The van der Waals surface area contributed by atoms with Gasteiger partial charge in [0.05, 0.1) is 11.1 Å². The van der Waals surface area contributed by atoms with E-state index >= 15 is 0 Å². The highest BCUT2D eigenvalue weighted by atomic mass is 32.2. The smallest absolute Gasteiger partial charge is 0.335 e. The lowest BCUT2D eigenvalue weighted by molar-refractivity contribution is 0.0686. The molecule has 0 aliphatic rings. The first-order valence-electron chi connectivity index (χ1n) is 6.90. The van der Waals surface area contributed by atoms with Gasteiger partial charge >= 0.3 is 11.9 Å².